The van der Waals surface area contributed by atoms with Crippen LogP contribution in [0.25, 0.3) is 0 Å². The van der Waals surface area contributed by atoms with Crippen molar-refractivity contribution in [2.24, 2.45) is 0 Å². The first-order valence-electron chi connectivity index (χ1n) is 11.8. The number of amides is 3. The van der Waals surface area contributed by atoms with Gasteiger partial charge in [-0.25, -0.2) is 14.4 Å². The lowest BCUT2D eigenvalue weighted by Crippen LogP contribution is -2.41. The van der Waals surface area contributed by atoms with Crippen LogP contribution in [0.5, 0.6) is 0 Å². The summed E-state index contributed by atoms with van der Waals surface area (Å²) in [6.07, 6.45) is 1.48. The summed E-state index contributed by atoms with van der Waals surface area (Å²) in [4.78, 5) is 52.9. The molecule has 0 unspecified atom stereocenters. The maximum Gasteiger partial charge on any atom is 0.337 e. The minimum Gasteiger partial charge on any atom is -0.465 e. The Labute approximate surface area is 210 Å². The van der Waals surface area contributed by atoms with E-state index in [1.54, 1.807) is 4.90 Å². The molecule has 2 aromatic carbocycles. The molecule has 1 aliphatic rings. The molecule has 3 amide bonds. The van der Waals surface area contributed by atoms with E-state index in [4.69, 9.17) is 9.47 Å². The van der Waals surface area contributed by atoms with Gasteiger partial charge in [0, 0.05) is 38.4 Å². The highest BCUT2D eigenvalue weighted by Gasteiger charge is 2.22. The lowest BCUT2D eigenvalue weighted by Gasteiger charge is -2.22. The summed E-state index contributed by atoms with van der Waals surface area (Å²) < 4.78 is 9.47. The molecule has 3 rings (SSSR count). The van der Waals surface area contributed by atoms with Gasteiger partial charge in [-0.2, -0.15) is 0 Å². The van der Waals surface area contributed by atoms with Crippen LogP contribution >= 0.6 is 0 Å². The Morgan fingerprint density at radius 1 is 0.861 bits per heavy atom. The van der Waals surface area contributed by atoms with E-state index in [0.29, 0.717) is 39.1 Å². The molecule has 0 radical (unpaired) electrons. The van der Waals surface area contributed by atoms with E-state index >= 15 is 0 Å². The highest BCUT2D eigenvalue weighted by molar-refractivity contribution is 5.99. The fourth-order valence-corrected chi connectivity index (χ4v) is 3.96. The number of carbonyl (C=O) groups excluding carboxylic acids is 4. The number of rotatable bonds is 8. The lowest BCUT2D eigenvalue weighted by atomic mass is 10.1. The van der Waals surface area contributed by atoms with Crippen LogP contribution in [0, 0.1) is 0 Å². The zero-order chi connectivity index (χ0) is 25.9. The van der Waals surface area contributed by atoms with Crippen LogP contribution in [0.2, 0.25) is 0 Å². The molecule has 0 aromatic heterocycles. The molecule has 1 heterocycles. The molecule has 1 aliphatic heterocycles. The highest BCUT2D eigenvalue weighted by Crippen LogP contribution is 2.18. The number of hydrogen-bond acceptors (Lipinski definition) is 7. The van der Waals surface area contributed by atoms with Gasteiger partial charge in [0.2, 0.25) is 5.91 Å². The number of ether oxygens (including phenoxy) is 2. The van der Waals surface area contributed by atoms with E-state index in [2.05, 4.69) is 10.6 Å². The molecule has 0 atom stereocenters. The minimum absolute atomic E-state index is 0.0428. The van der Waals surface area contributed by atoms with Gasteiger partial charge >= 0.3 is 18.0 Å². The van der Waals surface area contributed by atoms with Crippen molar-refractivity contribution in [2.45, 2.75) is 12.8 Å². The van der Waals surface area contributed by atoms with Crippen LogP contribution in [0.4, 0.5) is 10.5 Å². The molecular weight excluding hydrogens is 464 g/mol. The van der Waals surface area contributed by atoms with Crippen molar-refractivity contribution in [3.63, 3.8) is 0 Å². The number of anilines is 1. The summed E-state index contributed by atoms with van der Waals surface area (Å²) in [6, 6.07) is 13.9. The SMILES string of the molecule is COC(=O)c1cc(NC(=O)N2CCCN(CC(=O)NCCc3ccccc3)CC2)cc(C(=O)OC)c1. The van der Waals surface area contributed by atoms with Gasteiger partial charge in [0.25, 0.3) is 0 Å². The Hall–Kier alpha value is -3.92. The zero-order valence-corrected chi connectivity index (χ0v) is 20.6. The number of nitrogens with one attached hydrogen (secondary N) is 2. The Balaban J connectivity index is 1.52. The molecule has 0 saturated carbocycles. The van der Waals surface area contributed by atoms with Gasteiger partial charge in [-0.3, -0.25) is 9.69 Å². The molecule has 0 aliphatic carbocycles. The van der Waals surface area contributed by atoms with Crippen LogP contribution in [0.15, 0.2) is 48.5 Å². The average Bonchev–Trinajstić information content (AvgIpc) is 3.13. The second-order valence-corrected chi connectivity index (χ2v) is 8.41. The van der Waals surface area contributed by atoms with E-state index < -0.39 is 11.9 Å². The predicted molar refractivity (Wildman–Crippen MR) is 134 cm³/mol. The lowest BCUT2D eigenvalue weighted by molar-refractivity contribution is -0.122. The van der Waals surface area contributed by atoms with Crippen LogP contribution < -0.4 is 10.6 Å². The number of nitrogens with zero attached hydrogens (tertiary/aromatic N) is 2. The van der Waals surface area contributed by atoms with Gasteiger partial charge in [0.05, 0.1) is 31.9 Å². The Kier molecular flexibility index (Phi) is 9.82. The molecule has 1 saturated heterocycles. The summed E-state index contributed by atoms with van der Waals surface area (Å²) in [6.45, 7) is 3.04. The summed E-state index contributed by atoms with van der Waals surface area (Å²) in [5.41, 5.74) is 1.69. The molecule has 36 heavy (non-hydrogen) atoms. The van der Waals surface area contributed by atoms with E-state index in [-0.39, 0.29) is 35.3 Å². The van der Waals surface area contributed by atoms with Crippen LogP contribution in [-0.2, 0) is 20.7 Å². The third kappa shape index (κ3) is 7.81. The second kappa shape index (κ2) is 13.2. The molecule has 10 nitrogen and oxygen atoms in total. The van der Waals surface area contributed by atoms with Crippen molar-refractivity contribution in [3.8, 4) is 0 Å². The average molecular weight is 497 g/mol. The summed E-state index contributed by atoms with van der Waals surface area (Å²) in [7, 11) is 2.47. The van der Waals surface area contributed by atoms with Gasteiger partial charge in [-0.15, -0.1) is 0 Å². The second-order valence-electron chi connectivity index (χ2n) is 8.41. The number of urea groups is 1. The Morgan fingerprint density at radius 3 is 2.17 bits per heavy atom. The molecule has 2 aromatic rings. The van der Waals surface area contributed by atoms with Crippen molar-refractivity contribution in [3.05, 3.63) is 65.2 Å². The van der Waals surface area contributed by atoms with Gasteiger partial charge in [0.15, 0.2) is 0 Å². The highest BCUT2D eigenvalue weighted by atomic mass is 16.5. The van der Waals surface area contributed by atoms with Gasteiger partial charge in [-0.1, -0.05) is 30.3 Å². The molecule has 1 fully saturated rings. The van der Waals surface area contributed by atoms with Gasteiger partial charge < -0.3 is 25.0 Å². The number of carbonyl (C=O) groups is 4. The first-order chi connectivity index (χ1) is 17.4. The molecular formula is C26H32N4O6. The first kappa shape index (κ1) is 26.7. The van der Waals surface area contributed by atoms with Crippen molar-refractivity contribution < 1.29 is 28.7 Å². The van der Waals surface area contributed by atoms with E-state index in [9.17, 15) is 19.2 Å². The number of methoxy groups -OCH3 is 2. The monoisotopic (exact) mass is 496 g/mol. The van der Waals surface area contributed by atoms with Gasteiger partial charge in [0.1, 0.15) is 0 Å². The zero-order valence-electron chi connectivity index (χ0n) is 20.6. The third-order valence-corrected chi connectivity index (χ3v) is 5.85. The van der Waals surface area contributed by atoms with Crippen LogP contribution in [0.3, 0.4) is 0 Å². The van der Waals surface area contributed by atoms with Crippen molar-refractivity contribution in [2.75, 3.05) is 58.8 Å². The summed E-state index contributed by atoms with van der Waals surface area (Å²) in [5, 5.41) is 5.71. The van der Waals surface area contributed by atoms with E-state index in [1.165, 1.54) is 38.0 Å². The molecule has 2 N–H and O–H groups in total. The fraction of sp³-hybridized carbons (Fsp3) is 0.385. The smallest absolute Gasteiger partial charge is 0.337 e. The van der Waals surface area contributed by atoms with E-state index in [0.717, 1.165) is 6.42 Å². The predicted octanol–water partition coefficient (Wildman–Crippen LogP) is 2.16. The fourth-order valence-electron chi connectivity index (χ4n) is 3.96. The van der Waals surface area contributed by atoms with Crippen molar-refractivity contribution in [1.82, 2.24) is 15.1 Å². The minimum atomic E-state index is -0.635. The third-order valence-electron chi connectivity index (χ3n) is 5.85. The maximum absolute atomic E-state index is 12.9. The molecule has 192 valence electrons. The summed E-state index contributed by atoms with van der Waals surface area (Å²) in [5.74, 6) is -1.31. The van der Waals surface area contributed by atoms with E-state index in [1.807, 2.05) is 35.2 Å². The summed E-state index contributed by atoms with van der Waals surface area (Å²) >= 11 is 0. The molecule has 0 spiro atoms. The number of esters is 2. The maximum atomic E-state index is 12.9. The number of benzene rings is 2. The molecule has 10 heteroatoms. The first-order valence-corrected chi connectivity index (χ1v) is 11.8. The Morgan fingerprint density at radius 2 is 1.53 bits per heavy atom. The quantitative estimate of drug-likeness (QED) is 0.538. The van der Waals surface area contributed by atoms with Crippen LogP contribution in [-0.4, -0.2) is 87.2 Å². The normalized spacial score (nSPS) is 13.9. The van der Waals surface area contributed by atoms with Crippen LogP contribution in [0.1, 0.15) is 32.7 Å². The molecule has 0 bridgehead atoms. The van der Waals surface area contributed by atoms with Crippen molar-refractivity contribution >= 4 is 29.6 Å². The largest absolute Gasteiger partial charge is 0.465 e. The number of hydrogen-bond donors (Lipinski definition) is 2. The van der Waals surface area contributed by atoms with Crippen molar-refractivity contribution in [1.29, 1.82) is 0 Å². The standard InChI is InChI=1S/C26H32N4O6/c1-35-24(32)20-15-21(25(33)36-2)17-22(16-20)28-26(34)30-12-6-11-29(13-14-30)18-23(31)27-10-9-19-7-4-3-5-8-19/h3-5,7-8,15-17H,6,9-14,18H2,1-2H3,(H,27,31)(H,28,34). The topological polar surface area (TPSA) is 117 Å². The Bertz CT molecular complexity index is 1040. The van der Waals surface area contributed by atoms with Gasteiger partial charge in [-0.05, 0) is 36.6 Å².